The van der Waals surface area contributed by atoms with Crippen molar-refractivity contribution in [3.63, 3.8) is 0 Å². The van der Waals surface area contributed by atoms with Crippen molar-refractivity contribution in [2.24, 2.45) is 0 Å². The number of hydrogen-bond acceptors (Lipinski definition) is 4. The zero-order chi connectivity index (χ0) is 13.1. The molecule has 19 heavy (non-hydrogen) atoms. The molecule has 1 aliphatic rings. The van der Waals surface area contributed by atoms with Crippen molar-refractivity contribution in [1.29, 1.82) is 0 Å². The SMILES string of the molecule is Cl.O=C(O)c1cccc(NC(=O)C2CC(S)CN2)c1. The predicted molar refractivity (Wildman–Crippen MR) is 78.5 cm³/mol. The first kappa shape index (κ1) is 15.8. The second kappa shape index (κ2) is 6.79. The Balaban J connectivity index is 0.00000180. The number of rotatable bonds is 3. The van der Waals surface area contributed by atoms with Gasteiger partial charge in [-0.15, -0.1) is 12.4 Å². The van der Waals surface area contributed by atoms with Crippen molar-refractivity contribution in [1.82, 2.24) is 5.32 Å². The van der Waals surface area contributed by atoms with Gasteiger partial charge < -0.3 is 15.7 Å². The summed E-state index contributed by atoms with van der Waals surface area (Å²) < 4.78 is 0. The third-order valence-electron chi connectivity index (χ3n) is 2.80. The van der Waals surface area contributed by atoms with Crippen LogP contribution in [0, 0.1) is 0 Å². The Morgan fingerprint density at radius 2 is 2.16 bits per heavy atom. The van der Waals surface area contributed by atoms with E-state index in [0.29, 0.717) is 18.7 Å². The van der Waals surface area contributed by atoms with E-state index in [2.05, 4.69) is 23.3 Å². The molecule has 1 amide bonds. The van der Waals surface area contributed by atoms with Gasteiger partial charge in [-0.2, -0.15) is 12.6 Å². The number of anilines is 1. The van der Waals surface area contributed by atoms with Crippen LogP contribution < -0.4 is 10.6 Å². The van der Waals surface area contributed by atoms with E-state index < -0.39 is 5.97 Å². The number of carbonyl (C=O) groups excluding carboxylic acids is 1. The average molecular weight is 303 g/mol. The Hall–Kier alpha value is -1.24. The van der Waals surface area contributed by atoms with Crippen LogP contribution >= 0.6 is 25.0 Å². The molecule has 1 aliphatic heterocycles. The van der Waals surface area contributed by atoms with Crippen molar-refractivity contribution >= 4 is 42.6 Å². The Morgan fingerprint density at radius 3 is 2.74 bits per heavy atom. The number of carboxylic acids is 1. The number of carbonyl (C=O) groups is 2. The summed E-state index contributed by atoms with van der Waals surface area (Å²) in [6.07, 6.45) is 0.674. The molecule has 0 spiro atoms. The Morgan fingerprint density at radius 1 is 1.42 bits per heavy atom. The van der Waals surface area contributed by atoms with Gasteiger partial charge in [0, 0.05) is 17.5 Å². The normalized spacial score (nSPS) is 21.5. The summed E-state index contributed by atoms with van der Waals surface area (Å²) in [5, 5.41) is 14.8. The number of thiol groups is 1. The Labute approximate surface area is 122 Å². The number of aromatic carboxylic acids is 1. The fraction of sp³-hybridized carbons (Fsp3) is 0.333. The molecule has 0 radical (unpaired) electrons. The molecule has 1 fully saturated rings. The summed E-state index contributed by atoms with van der Waals surface area (Å²) >= 11 is 4.30. The molecule has 2 atom stereocenters. The molecule has 7 heteroatoms. The monoisotopic (exact) mass is 302 g/mol. The van der Waals surface area contributed by atoms with Gasteiger partial charge in [-0.25, -0.2) is 4.79 Å². The Kier molecular flexibility index (Phi) is 5.65. The van der Waals surface area contributed by atoms with Gasteiger partial charge in [0.2, 0.25) is 5.91 Å². The molecular weight excluding hydrogens is 288 g/mol. The van der Waals surface area contributed by atoms with Crippen LogP contribution in [-0.2, 0) is 4.79 Å². The molecule has 2 unspecified atom stereocenters. The van der Waals surface area contributed by atoms with Crippen LogP contribution in [-0.4, -0.2) is 34.8 Å². The molecule has 3 N–H and O–H groups in total. The number of amides is 1. The molecule has 0 bridgehead atoms. The summed E-state index contributed by atoms with van der Waals surface area (Å²) in [5.74, 6) is -1.17. The van der Waals surface area contributed by atoms with Crippen LogP contribution in [0.4, 0.5) is 5.69 Å². The first-order valence-corrected chi connectivity index (χ1v) is 6.13. The van der Waals surface area contributed by atoms with Crippen LogP contribution in [0.1, 0.15) is 16.8 Å². The van der Waals surface area contributed by atoms with E-state index >= 15 is 0 Å². The summed E-state index contributed by atoms with van der Waals surface area (Å²) in [6, 6.07) is 5.92. The summed E-state index contributed by atoms with van der Waals surface area (Å²) in [5.41, 5.74) is 0.642. The number of hydrogen-bond donors (Lipinski definition) is 4. The van der Waals surface area contributed by atoms with E-state index in [1.54, 1.807) is 12.1 Å². The molecule has 5 nitrogen and oxygen atoms in total. The summed E-state index contributed by atoms with van der Waals surface area (Å²) in [6.45, 7) is 0.705. The highest BCUT2D eigenvalue weighted by atomic mass is 35.5. The maximum atomic E-state index is 11.9. The lowest BCUT2D eigenvalue weighted by Crippen LogP contribution is -2.35. The lowest BCUT2D eigenvalue weighted by atomic mass is 10.2. The topological polar surface area (TPSA) is 78.4 Å². The molecule has 2 rings (SSSR count). The van der Waals surface area contributed by atoms with Crippen molar-refractivity contribution in [2.75, 3.05) is 11.9 Å². The minimum Gasteiger partial charge on any atom is -0.478 e. The third-order valence-corrected chi connectivity index (χ3v) is 3.19. The number of benzene rings is 1. The van der Waals surface area contributed by atoms with Crippen LogP contribution in [0.2, 0.25) is 0 Å². The van der Waals surface area contributed by atoms with E-state index in [1.165, 1.54) is 12.1 Å². The van der Waals surface area contributed by atoms with E-state index in [1.807, 2.05) is 0 Å². The highest BCUT2D eigenvalue weighted by Crippen LogP contribution is 2.15. The minimum absolute atomic E-state index is 0. The predicted octanol–water partition coefficient (Wildman–Crippen LogP) is 1.41. The second-order valence-electron chi connectivity index (χ2n) is 4.23. The van der Waals surface area contributed by atoms with Crippen molar-refractivity contribution in [3.8, 4) is 0 Å². The largest absolute Gasteiger partial charge is 0.478 e. The van der Waals surface area contributed by atoms with Gasteiger partial charge in [0.05, 0.1) is 11.6 Å². The van der Waals surface area contributed by atoms with Gasteiger partial charge in [0.15, 0.2) is 0 Å². The Bertz CT molecular complexity index is 484. The minimum atomic E-state index is -1.01. The summed E-state index contributed by atoms with van der Waals surface area (Å²) in [7, 11) is 0. The molecule has 0 aromatic heterocycles. The zero-order valence-corrected chi connectivity index (χ0v) is 11.7. The molecular formula is C12H15ClN2O3S. The smallest absolute Gasteiger partial charge is 0.335 e. The molecule has 0 saturated carbocycles. The lowest BCUT2D eigenvalue weighted by molar-refractivity contribution is -0.117. The molecule has 1 heterocycles. The van der Waals surface area contributed by atoms with Gasteiger partial charge in [-0.05, 0) is 24.6 Å². The summed E-state index contributed by atoms with van der Waals surface area (Å²) in [4.78, 5) is 22.7. The van der Waals surface area contributed by atoms with E-state index in [0.717, 1.165) is 0 Å². The van der Waals surface area contributed by atoms with Crippen LogP contribution in [0.3, 0.4) is 0 Å². The van der Waals surface area contributed by atoms with Gasteiger partial charge in [-0.1, -0.05) is 6.07 Å². The third kappa shape index (κ3) is 4.12. The molecule has 1 saturated heterocycles. The van der Waals surface area contributed by atoms with Gasteiger partial charge >= 0.3 is 5.97 Å². The zero-order valence-electron chi connectivity index (χ0n) is 10.00. The number of halogens is 1. The number of carboxylic acid groups (broad SMARTS) is 1. The standard InChI is InChI=1S/C12H14N2O3S.ClH/c15-11(10-5-9(18)6-13-10)14-8-3-1-2-7(4-8)12(16)17;/h1-4,9-10,13,18H,5-6H2,(H,14,15)(H,16,17);1H. The second-order valence-corrected chi connectivity index (χ2v) is 4.96. The van der Waals surface area contributed by atoms with E-state index in [4.69, 9.17) is 5.11 Å². The van der Waals surface area contributed by atoms with Crippen LogP contribution in [0.15, 0.2) is 24.3 Å². The first-order chi connectivity index (χ1) is 8.56. The fourth-order valence-corrected chi connectivity index (χ4v) is 2.19. The average Bonchev–Trinajstić information content (AvgIpc) is 2.76. The van der Waals surface area contributed by atoms with Crippen molar-refractivity contribution in [3.05, 3.63) is 29.8 Å². The first-order valence-electron chi connectivity index (χ1n) is 5.62. The van der Waals surface area contributed by atoms with Gasteiger partial charge in [0.1, 0.15) is 0 Å². The fourth-order valence-electron chi connectivity index (χ4n) is 1.88. The van der Waals surface area contributed by atoms with Crippen molar-refractivity contribution < 1.29 is 14.7 Å². The van der Waals surface area contributed by atoms with E-state index in [9.17, 15) is 9.59 Å². The molecule has 104 valence electrons. The number of nitrogens with one attached hydrogen (secondary N) is 2. The van der Waals surface area contributed by atoms with Crippen LogP contribution in [0.5, 0.6) is 0 Å². The highest BCUT2D eigenvalue weighted by Gasteiger charge is 2.27. The van der Waals surface area contributed by atoms with Crippen LogP contribution in [0.25, 0.3) is 0 Å². The van der Waals surface area contributed by atoms with E-state index in [-0.39, 0.29) is 35.2 Å². The molecule has 1 aromatic rings. The van der Waals surface area contributed by atoms with Gasteiger partial charge in [-0.3, -0.25) is 4.79 Å². The van der Waals surface area contributed by atoms with Crippen molar-refractivity contribution in [2.45, 2.75) is 17.7 Å². The quantitative estimate of drug-likeness (QED) is 0.637. The lowest BCUT2D eigenvalue weighted by Gasteiger charge is -2.11. The maximum absolute atomic E-state index is 11.9. The van der Waals surface area contributed by atoms with Gasteiger partial charge in [0.25, 0.3) is 0 Å². The molecule has 1 aromatic carbocycles. The molecule has 0 aliphatic carbocycles. The highest BCUT2D eigenvalue weighted by molar-refractivity contribution is 7.81. The maximum Gasteiger partial charge on any atom is 0.335 e.